The first-order valence-electron chi connectivity index (χ1n) is 7.54. The van der Waals surface area contributed by atoms with Crippen molar-refractivity contribution in [1.29, 1.82) is 0 Å². The summed E-state index contributed by atoms with van der Waals surface area (Å²) in [6.07, 6.45) is -3.13. The Hall–Kier alpha value is -1.11. The van der Waals surface area contributed by atoms with Crippen LogP contribution in [0.15, 0.2) is 24.3 Å². The third-order valence-electron chi connectivity index (χ3n) is 2.78. The largest absolute Gasteiger partial charge is 0.416 e. The Kier molecular flexibility index (Phi) is 10.9. The third-order valence-corrected chi connectivity index (χ3v) is 2.78. The highest BCUT2D eigenvalue weighted by molar-refractivity contribution is 5.24. The SMILES string of the molecule is CC.CNC.FC(F)(F)c1ccc(COC2CCNC2)cc1. The molecular weight excluding hydrogens is 293 g/mol. The van der Waals surface area contributed by atoms with Gasteiger partial charge in [-0.15, -0.1) is 0 Å². The molecule has 0 spiro atoms. The van der Waals surface area contributed by atoms with E-state index in [1.165, 1.54) is 12.1 Å². The summed E-state index contributed by atoms with van der Waals surface area (Å²) < 4.78 is 42.5. The molecule has 22 heavy (non-hydrogen) atoms. The van der Waals surface area contributed by atoms with Gasteiger partial charge in [0, 0.05) is 6.54 Å². The number of alkyl halides is 3. The van der Waals surface area contributed by atoms with E-state index in [0.717, 1.165) is 37.2 Å². The van der Waals surface area contributed by atoms with Gasteiger partial charge in [0.05, 0.1) is 18.3 Å². The lowest BCUT2D eigenvalue weighted by Crippen LogP contribution is -2.16. The maximum atomic E-state index is 12.3. The highest BCUT2D eigenvalue weighted by Crippen LogP contribution is 2.29. The van der Waals surface area contributed by atoms with Gasteiger partial charge in [-0.1, -0.05) is 26.0 Å². The number of hydrogen-bond acceptors (Lipinski definition) is 3. The molecule has 0 bridgehead atoms. The quantitative estimate of drug-likeness (QED) is 0.895. The minimum atomic E-state index is -4.27. The van der Waals surface area contributed by atoms with Crippen LogP contribution < -0.4 is 10.6 Å². The van der Waals surface area contributed by atoms with Crippen molar-refractivity contribution >= 4 is 0 Å². The van der Waals surface area contributed by atoms with Crippen LogP contribution in [0.3, 0.4) is 0 Å². The predicted molar refractivity (Wildman–Crippen MR) is 83.8 cm³/mol. The van der Waals surface area contributed by atoms with Gasteiger partial charge in [-0.2, -0.15) is 13.2 Å². The van der Waals surface area contributed by atoms with E-state index in [2.05, 4.69) is 10.6 Å². The van der Waals surface area contributed by atoms with E-state index in [1.807, 2.05) is 27.9 Å². The monoisotopic (exact) mass is 320 g/mol. The molecule has 1 atom stereocenters. The summed E-state index contributed by atoms with van der Waals surface area (Å²) in [4.78, 5) is 0. The molecule has 0 aromatic heterocycles. The Bertz CT molecular complexity index is 374. The fraction of sp³-hybridized carbons (Fsp3) is 0.625. The van der Waals surface area contributed by atoms with Gasteiger partial charge in [-0.3, -0.25) is 0 Å². The predicted octanol–water partition coefficient (Wildman–Crippen LogP) is 3.45. The number of nitrogens with one attached hydrogen (secondary N) is 2. The summed E-state index contributed by atoms with van der Waals surface area (Å²) in [5.74, 6) is 0. The van der Waals surface area contributed by atoms with E-state index in [4.69, 9.17) is 4.74 Å². The van der Waals surface area contributed by atoms with Gasteiger partial charge in [0.1, 0.15) is 0 Å². The van der Waals surface area contributed by atoms with Crippen molar-refractivity contribution in [1.82, 2.24) is 10.6 Å². The summed E-state index contributed by atoms with van der Waals surface area (Å²) in [6.45, 7) is 6.13. The van der Waals surface area contributed by atoms with E-state index < -0.39 is 11.7 Å². The van der Waals surface area contributed by atoms with Crippen LogP contribution in [0.2, 0.25) is 0 Å². The Labute approximate surface area is 131 Å². The van der Waals surface area contributed by atoms with E-state index >= 15 is 0 Å². The first-order valence-corrected chi connectivity index (χ1v) is 7.54. The number of benzene rings is 1. The normalized spacial score (nSPS) is 17.1. The minimum Gasteiger partial charge on any atom is -0.372 e. The van der Waals surface area contributed by atoms with Crippen LogP contribution in [0, 0.1) is 0 Å². The zero-order chi connectivity index (χ0) is 17.0. The van der Waals surface area contributed by atoms with Crippen LogP contribution in [0.4, 0.5) is 13.2 Å². The van der Waals surface area contributed by atoms with Crippen molar-refractivity contribution in [3.8, 4) is 0 Å². The minimum absolute atomic E-state index is 0.178. The Morgan fingerprint density at radius 2 is 1.73 bits per heavy atom. The standard InChI is InChI=1S/C12H14F3NO.C2H7N.C2H6/c13-12(14,15)10-3-1-9(2-4-10)8-17-11-5-6-16-7-11;1-3-2;1-2/h1-4,11,16H,5-8H2;3H,1-2H3;1-2H3. The Balaban J connectivity index is 0.000000789. The van der Waals surface area contributed by atoms with Crippen LogP contribution in [-0.2, 0) is 17.5 Å². The summed E-state index contributed by atoms with van der Waals surface area (Å²) in [5.41, 5.74) is 0.147. The summed E-state index contributed by atoms with van der Waals surface area (Å²) >= 11 is 0. The first kappa shape index (κ1) is 20.9. The molecule has 6 heteroatoms. The summed E-state index contributed by atoms with van der Waals surface area (Å²) in [7, 11) is 3.75. The van der Waals surface area contributed by atoms with Gasteiger partial charge in [0.25, 0.3) is 0 Å². The molecule has 0 radical (unpaired) electrons. The van der Waals surface area contributed by atoms with Crippen molar-refractivity contribution in [3.63, 3.8) is 0 Å². The summed E-state index contributed by atoms with van der Waals surface area (Å²) in [5, 5.41) is 5.91. The second-order valence-corrected chi connectivity index (χ2v) is 4.62. The molecule has 3 nitrogen and oxygen atoms in total. The molecule has 0 aliphatic carbocycles. The first-order chi connectivity index (χ1) is 10.5. The van der Waals surface area contributed by atoms with Crippen LogP contribution in [-0.4, -0.2) is 33.3 Å². The zero-order valence-electron chi connectivity index (χ0n) is 13.8. The van der Waals surface area contributed by atoms with E-state index in [-0.39, 0.29) is 6.10 Å². The van der Waals surface area contributed by atoms with Crippen LogP contribution in [0.5, 0.6) is 0 Å². The molecule has 1 fully saturated rings. The topological polar surface area (TPSA) is 33.3 Å². The number of rotatable bonds is 3. The molecule has 2 N–H and O–H groups in total. The zero-order valence-corrected chi connectivity index (χ0v) is 13.8. The molecule has 0 saturated carbocycles. The number of hydrogen-bond donors (Lipinski definition) is 2. The molecule has 1 aliphatic rings. The molecule has 2 rings (SSSR count). The van der Waals surface area contributed by atoms with Gasteiger partial charge in [0.2, 0.25) is 0 Å². The number of halogens is 3. The highest BCUT2D eigenvalue weighted by Gasteiger charge is 2.29. The van der Waals surface area contributed by atoms with Crippen molar-refractivity contribution < 1.29 is 17.9 Å². The van der Waals surface area contributed by atoms with E-state index in [9.17, 15) is 13.2 Å². The van der Waals surface area contributed by atoms with Crippen molar-refractivity contribution in [2.75, 3.05) is 27.2 Å². The molecule has 1 aromatic carbocycles. The number of ether oxygens (including phenoxy) is 1. The molecule has 0 amide bonds. The van der Waals surface area contributed by atoms with Gasteiger partial charge >= 0.3 is 6.18 Å². The molecule has 128 valence electrons. The molecular formula is C16H27F3N2O. The van der Waals surface area contributed by atoms with Crippen LogP contribution in [0.25, 0.3) is 0 Å². The second kappa shape index (κ2) is 11.5. The maximum Gasteiger partial charge on any atom is 0.416 e. The lowest BCUT2D eigenvalue weighted by molar-refractivity contribution is -0.137. The van der Waals surface area contributed by atoms with E-state index in [1.54, 1.807) is 0 Å². The van der Waals surface area contributed by atoms with Crippen molar-refractivity contribution in [2.24, 2.45) is 0 Å². The fourth-order valence-electron chi connectivity index (χ4n) is 1.77. The van der Waals surface area contributed by atoms with Gasteiger partial charge in [0.15, 0.2) is 0 Å². The molecule has 1 heterocycles. The second-order valence-electron chi connectivity index (χ2n) is 4.62. The van der Waals surface area contributed by atoms with Crippen LogP contribution in [0.1, 0.15) is 31.4 Å². The van der Waals surface area contributed by atoms with Gasteiger partial charge < -0.3 is 15.4 Å². The van der Waals surface area contributed by atoms with Crippen molar-refractivity contribution in [2.45, 2.75) is 39.2 Å². The maximum absolute atomic E-state index is 12.3. The Morgan fingerprint density at radius 3 is 2.14 bits per heavy atom. The Morgan fingerprint density at radius 1 is 1.18 bits per heavy atom. The smallest absolute Gasteiger partial charge is 0.372 e. The van der Waals surface area contributed by atoms with Gasteiger partial charge in [-0.05, 0) is 44.8 Å². The summed E-state index contributed by atoms with van der Waals surface area (Å²) in [6, 6.07) is 5.10. The average molecular weight is 320 g/mol. The fourth-order valence-corrected chi connectivity index (χ4v) is 1.77. The van der Waals surface area contributed by atoms with E-state index in [0.29, 0.717) is 6.61 Å². The third kappa shape index (κ3) is 8.36. The molecule has 1 aromatic rings. The molecule has 1 unspecified atom stereocenters. The lowest BCUT2D eigenvalue weighted by Gasteiger charge is -2.11. The van der Waals surface area contributed by atoms with Crippen molar-refractivity contribution in [3.05, 3.63) is 35.4 Å². The highest BCUT2D eigenvalue weighted by atomic mass is 19.4. The lowest BCUT2D eigenvalue weighted by atomic mass is 10.1. The van der Waals surface area contributed by atoms with Crippen LogP contribution >= 0.6 is 0 Å². The molecule has 1 saturated heterocycles. The average Bonchev–Trinajstić information content (AvgIpc) is 3.01. The van der Waals surface area contributed by atoms with Gasteiger partial charge in [-0.25, -0.2) is 0 Å². The molecule has 1 aliphatic heterocycles.